The van der Waals surface area contributed by atoms with Crippen LogP contribution in [-0.4, -0.2) is 11.5 Å². The molecule has 0 saturated heterocycles. The summed E-state index contributed by atoms with van der Waals surface area (Å²) >= 11 is 3.55. The van der Waals surface area contributed by atoms with Crippen LogP contribution >= 0.6 is 15.9 Å². The monoisotopic (exact) mass is 320 g/mol. The molecule has 0 atom stereocenters. The quantitative estimate of drug-likeness (QED) is 0.884. The summed E-state index contributed by atoms with van der Waals surface area (Å²) in [6, 6.07) is 11.8. The Bertz CT molecular complexity index is 517. The van der Waals surface area contributed by atoms with Crippen LogP contribution in [-0.2, 0) is 13.2 Å². The van der Waals surface area contributed by atoms with Crippen LogP contribution in [0.25, 0.3) is 0 Å². The molecule has 0 spiro atoms. The molecule has 0 bridgehead atoms. The van der Waals surface area contributed by atoms with E-state index in [0.717, 1.165) is 29.0 Å². The van der Waals surface area contributed by atoms with Gasteiger partial charge < -0.3 is 10.1 Å². The van der Waals surface area contributed by atoms with E-state index < -0.39 is 0 Å². The average molecular weight is 321 g/mol. The van der Waals surface area contributed by atoms with Gasteiger partial charge in [0.2, 0.25) is 0 Å². The van der Waals surface area contributed by atoms with Crippen LogP contribution < -0.4 is 10.1 Å². The number of halogens is 1. The normalized spacial score (nSPS) is 10.4. The topological polar surface area (TPSA) is 34.1 Å². The van der Waals surface area contributed by atoms with E-state index in [-0.39, 0.29) is 0 Å². The van der Waals surface area contributed by atoms with Gasteiger partial charge in [-0.2, -0.15) is 0 Å². The highest BCUT2D eigenvalue weighted by Gasteiger charge is 2.03. The van der Waals surface area contributed by atoms with Crippen LogP contribution in [0.4, 0.5) is 0 Å². The lowest BCUT2D eigenvalue weighted by Crippen LogP contribution is -2.12. The Morgan fingerprint density at radius 1 is 1.26 bits per heavy atom. The Morgan fingerprint density at radius 3 is 2.89 bits per heavy atom. The maximum atomic E-state index is 5.76. The van der Waals surface area contributed by atoms with Crippen LogP contribution in [0.3, 0.4) is 0 Å². The van der Waals surface area contributed by atoms with E-state index in [1.165, 1.54) is 5.56 Å². The lowest BCUT2D eigenvalue weighted by atomic mass is 10.2. The van der Waals surface area contributed by atoms with Crippen LogP contribution in [0.1, 0.15) is 18.2 Å². The highest BCUT2D eigenvalue weighted by atomic mass is 79.9. The summed E-state index contributed by atoms with van der Waals surface area (Å²) in [5.41, 5.74) is 2.12. The van der Waals surface area contributed by atoms with Gasteiger partial charge in [0.15, 0.2) is 0 Å². The third-order valence-electron chi connectivity index (χ3n) is 2.70. The zero-order valence-corrected chi connectivity index (χ0v) is 12.5. The predicted octanol–water partition coefficient (Wildman–Crippen LogP) is 3.53. The third kappa shape index (κ3) is 4.33. The molecule has 2 rings (SSSR count). The summed E-state index contributed by atoms with van der Waals surface area (Å²) in [6.07, 6.45) is 1.77. The second kappa shape index (κ2) is 7.26. The number of nitrogens with one attached hydrogen (secondary N) is 1. The molecule has 0 saturated carbocycles. The van der Waals surface area contributed by atoms with Crippen molar-refractivity contribution < 1.29 is 4.74 Å². The molecule has 0 amide bonds. The molecule has 2 aromatic rings. The molecular formula is C15H17BrN2O. The first-order chi connectivity index (χ1) is 9.29. The van der Waals surface area contributed by atoms with Crippen molar-refractivity contribution in [1.82, 2.24) is 10.3 Å². The van der Waals surface area contributed by atoms with Crippen molar-refractivity contribution in [3.8, 4) is 5.75 Å². The third-order valence-corrected chi connectivity index (χ3v) is 3.47. The van der Waals surface area contributed by atoms with Gasteiger partial charge in [-0.15, -0.1) is 0 Å². The molecule has 1 aromatic heterocycles. The van der Waals surface area contributed by atoms with Crippen molar-refractivity contribution in [2.24, 2.45) is 0 Å². The van der Waals surface area contributed by atoms with Gasteiger partial charge in [-0.25, -0.2) is 0 Å². The lowest BCUT2D eigenvalue weighted by molar-refractivity contribution is 0.301. The second-order valence-electron chi connectivity index (χ2n) is 4.14. The van der Waals surface area contributed by atoms with E-state index in [4.69, 9.17) is 4.74 Å². The molecule has 3 nitrogen and oxygen atoms in total. The van der Waals surface area contributed by atoms with Gasteiger partial charge >= 0.3 is 0 Å². The van der Waals surface area contributed by atoms with Crippen molar-refractivity contribution in [3.05, 3.63) is 58.3 Å². The van der Waals surface area contributed by atoms with Crippen LogP contribution in [0, 0.1) is 0 Å². The fraction of sp³-hybridized carbons (Fsp3) is 0.267. The van der Waals surface area contributed by atoms with Gasteiger partial charge in [0.1, 0.15) is 12.4 Å². The summed E-state index contributed by atoms with van der Waals surface area (Å²) < 4.78 is 6.85. The molecule has 1 heterocycles. The number of aromatic nitrogens is 1. The SMILES string of the molecule is CCNCc1cc(OCc2ccccn2)ccc1Br. The minimum atomic E-state index is 0.489. The average Bonchev–Trinajstić information content (AvgIpc) is 2.46. The van der Waals surface area contributed by atoms with Gasteiger partial charge in [0.25, 0.3) is 0 Å². The molecule has 0 aliphatic rings. The zero-order valence-electron chi connectivity index (χ0n) is 10.9. The number of nitrogens with zero attached hydrogens (tertiary/aromatic N) is 1. The van der Waals surface area contributed by atoms with Crippen molar-refractivity contribution in [3.63, 3.8) is 0 Å². The summed E-state index contributed by atoms with van der Waals surface area (Å²) in [7, 11) is 0. The Labute approximate surface area is 122 Å². The fourth-order valence-electron chi connectivity index (χ4n) is 1.68. The second-order valence-corrected chi connectivity index (χ2v) is 5.00. The van der Waals surface area contributed by atoms with E-state index in [1.54, 1.807) is 6.20 Å². The maximum absolute atomic E-state index is 5.76. The summed E-state index contributed by atoms with van der Waals surface area (Å²) in [6.45, 7) is 4.36. The minimum absolute atomic E-state index is 0.489. The van der Waals surface area contributed by atoms with Crippen LogP contribution in [0.15, 0.2) is 47.1 Å². The molecule has 1 N–H and O–H groups in total. The Kier molecular flexibility index (Phi) is 5.36. The number of pyridine rings is 1. The molecule has 0 radical (unpaired) electrons. The fourth-order valence-corrected chi connectivity index (χ4v) is 2.06. The van der Waals surface area contributed by atoms with Crippen molar-refractivity contribution in [2.45, 2.75) is 20.1 Å². The Balaban J connectivity index is 2.00. The van der Waals surface area contributed by atoms with Gasteiger partial charge in [-0.05, 0) is 42.4 Å². The highest BCUT2D eigenvalue weighted by molar-refractivity contribution is 9.10. The van der Waals surface area contributed by atoms with E-state index in [2.05, 4.69) is 39.2 Å². The van der Waals surface area contributed by atoms with E-state index in [9.17, 15) is 0 Å². The van der Waals surface area contributed by atoms with Crippen LogP contribution in [0.2, 0.25) is 0 Å². The summed E-state index contributed by atoms with van der Waals surface area (Å²) in [5.74, 6) is 0.863. The van der Waals surface area contributed by atoms with Gasteiger partial charge in [-0.1, -0.05) is 28.9 Å². The molecule has 0 fully saturated rings. The van der Waals surface area contributed by atoms with Gasteiger partial charge in [0.05, 0.1) is 5.69 Å². The predicted molar refractivity (Wildman–Crippen MR) is 80.1 cm³/mol. The number of hydrogen-bond donors (Lipinski definition) is 1. The van der Waals surface area contributed by atoms with Gasteiger partial charge in [-0.3, -0.25) is 4.98 Å². The molecule has 0 unspecified atom stereocenters. The lowest BCUT2D eigenvalue weighted by Gasteiger charge is -2.10. The van der Waals surface area contributed by atoms with E-state index in [1.807, 2.05) is 30.3 Å². The smallest absolute Gasteiger partial charge is 0.130 e. The zero-order chi connectivity index (χ0) is 13.5. The molecule has 19 heavy (non-hydrogen) atoms. The molecular weight excluding hydrogens is 304 g/mol. The van der Waals surface area contributed by atoms with E-state index >= 15 is 0 Å². The van der Waals surface area contributed by atoms with E-state index in [0.29, 0.717) is 6.61 Å². The molecule has 4 heteroatoms. The minimum Gasteiger partial charge on any atom is -0.487 e. The molecule has 0 aliphatic carbocycles. The van der Waals surface area contributed by atoms with Crippen molar-refractivity contribution >= 4 is 15.9 Å². The number of hydrogen-bond acceptors (Lipinski definition) is 3. The number of rotatable bonds is 6. The van der Waals surface area contributed by atoms with Crippen LogP contribution in [0.5, 0.6) is 5.75 Å². The highest BCUT2D eigenvalue weighted by Crippen LogP contribution is 2.23. The molecule has 100 valence electrons. The molecule has 0 aliphatic heterocycles. The first-order valence-corrected chi connectivity index (χ1v) is 7.10. The first kappa shape index (κ1) is 14.0. The molecule has 1 aromatic carbocycles. The largest absolute Gasteiger partial charge is 0.487 e. The van der Waals surface area contributed by atoms with Crippen molar-refractivity contribution in [1.29, 1.82) is 0 Å². The number of ether oxygens (including phenoxy) is 1. The van der Waals surface area contributed by atoms with Gasteiger partial charge in [0, 0.05) is 17.2 Å². The summed E-state index contributed by atoms with van der Waals surface area (Å²) in [5, 5.41) is 3.31. The number of benzene rings is 1. The Hall–Kier alpha value is -1.39. The summed E-state index contributed by atoms with van der Waals surface area (Å²) in [4.78, 5) is 4.24. The first-order valence-electron chi connectivity index (χ1n) is 6.31. The Morgan fingerprint density at radius 2 is 2.16 bits per heavy atom. The van der Waals surface area contributed by atoms with Crippen molar-refractivity contribution in [2.75, 3.05) is 6.54 Å². The maximum Gasteiger partial charge on any atom is 0.130 e. The standard InChI is InChI=1S/C15H17BrN2O/c1-2-17-10-12-9-14(6-7-15(12)16)19-11-13-5-3-4-8-18-13/h3-9,17H,2,10-11H2,1H3.